The summed E-state index contributed by atoms with van der Waals surface area (Å²) in [6.07, 6.45) is -6.23. The Labute approximate surface area is 147 Å². The van der Waals surface area contributed by atoms with Crippen LogP contribution in [-0.2, 0) is 26.4 Å². The third-order valence-electron chi connectivity index (χ3n) is 3.41. The van der Waals surface area contributed by atoms with E-state index in [1.54, 1.807) is 20.8 Å². The molecule has 0 saturated carbocycles. The van der Waals surface area contributed by atoms with Crippen LogP contribution in [0, 0.1) is 5.82 Å². The van der Waals surface area contributed by atoms with Crippen molar-refractivity contribution in [3.63, 3.8) is 0 Å². The topological polar surface area (TPSA) is 61.4 Å². The van der Waals surface area contributed by atoms with Gasteiger partial charge in [-0.2, -0.15) is 13.2 Å². The van der Waals surface area contributed by atoms with Crippen LogP contribution in [0.3, 0.4) is 0 Å². The van der Waals surface area contributed by atoms with Crippen molar-refractivity contribution in [1.29, 1.82) is 0 Å². The van der Waals surface area contributed by atoms with Gasteiger partial charge in [-0.25, -0.2) is 4.39 Å². The Bertz CT molecular complexity index is 591. The lowest BCUT2D eigenvalue weighted by molar-refractivity contribution is -0.190. The summed E-state index contributed by atoms with van der Waals surface area (Å²) < 4.78 is 70.6. The quantitative estimate of drug-likeness (QED) is 0.446. The van der Waals surface area contributed by atoms with E-state index in [0.29, 0.717) is 0 Å². The second-order valence-electron chi connectivity index (χ2n) is 6.65. The number of rotatable bonds is 7. The summed E-state index contributed by atoms with van der Waals surface area (Å²) in [5.74, 6) is -0.758. The Morgan fingerprint density at radius 3 is 2.24 bits per heavy atom. The first-order valence-electron chi connectivity index (χ1n) is 7.39. The highest BCUT2D eigenvalue weighted by Gasteiger charge is 2.46. The summed E-state index contributed by atoms with van der Waals surface area (Å²) in [5.41, 5.74) is -1.89. The fourth-order valence-electron chi connectivity index (χ4n) is 2.02. The molecule has 0 heterocycles. The van der Waals surface area contributed by atoms with Crippen LogP contribution < -0.4 is 4.72 Å². The maximum atomic E-state index is 14.3. The second kappa shape index (κ2) is 8.03. The molecule has 0 aliphatic rings. The molecule has 1 unspecified atom stereocenters. The summed E-state index contributed by atoms with van der Waals surface area (Å²) in [6, 6.07) is 5.26. The monoisotopic (exact) mass is 383 g/mol. The molecule has 0 aliphatic heterocycles. The first-order valence-corrected chi connectivity index (χ1v) is 8.54. The molecule has 25 heavy (non-hydrogen) atoms. The predicted molar refractivity (Wildman–Crippen MR) is 86.6 cm³/mol. The molecular weight excluding hydrogens is 362 g/mol. The molecule has 0 spiro atoms. The lowest BCUT2D eigenvalue weighted by atomic mass is 9.87. The minimum Gasteiger partial charge on any atom is -0.598 e. The average molecular weight is 383 g/mol. The fourth-order valence-corrected chi connectivity index (χ4v) is 2.94. The molecule has 0 bridgehead atoms. The highest BCUT2D eigenvalue weighted by atomic mass is 32.2. The summed E-state index contributed by atoms with van der Waals surface area (Å²) >= 11 is -1.80. The van der Waals surface area contributed by atoms with E-state index < -0.39 is 46.4 Å². The van der Waals surface area contributed by atoms with E-state index in [2.05, 4.69) is 9.46 Å². The number of hydrogen-bond acceptors (Lipinski definition) is 4. The van der Waals surface area contributed by atoms with E-state index in [4.69, 9.17) is 0 Å². The summed E-state index contributed by atoms with van der Waals surface area (Å²) in [7, 11) is 0. The third kappa shape index (κ3) is 5.95. The van der Waals surface area contributed by atoms with Crippen LogP contribution in [0.1, 0.15) is 33.3 Å². The normalized spacial score (nSPS) is 17.6. The number of carbonyl (C=O) groups excluding carboxylic acids is 1. The van der Waals surface area contributed by atoms with Crippen molar-refractivity contribution in [1.82, 2.24) is 4.72 Å². The van der Waals surface area contributed by atoms with Gasteiger partial charge in [-0.1, -0.05) is 18.2 Å². The van der Waals surface area contributed by atoms with Crippen molar-refractivity contribution in [2.24, 2.45) is 0 Å². The zero-order valence-electron chi connectivity index (χ0n) is 14.3. The van der Waals surface area contributed by atoms with Crippen LogP contribution in [0.25, 0.3) is 0 Å². The molecular formula is C16H21F4NO3S. The van der Waals surface area contributed by atoms with Gasteiger partial charge in [0.1, 0.15) is 28.8 Å². The lowest BCUT2D eigenvalue weighted by Crippen LogP contribution is -2.57. The fraction of sp³-hybridized carbons (Fsp3) is 0.562. The molecule has 0 radical (unpaired) electrons. The minimum absolute atomic E-state index is 0.119. The van der Waals surface area contributed by atoms with Crippen molar-refractivity contribution in [3.8, 4) is 0 Å². The lowest BCUT2D eigenvalue weighted by Gasteiger charge is -2.38. The molecule has 4 nitrogen and oxygen atoms in total. The van der Waals surface area contributed by atoms with Crippen LogP contribution in [0.15, 0.2) is 24.3 Å². The molecule has 1 N–H and O–H groups in total. The number of alkyl halides is 3. The minimum atomic E-state index is -4.67. The van der Waals surface area contributed by atoms with Gasteiger partial charge in [0.25, 0.3) is 0 Å². The first-order chi connectivity index (χ1) is 11.3. The van der Waals surface area contributed by atoms with E-state index >= 15 is 0 Å². The number of nitrogens with one attached hydrogen (secondary N) is 1. The molecule has 0 aromatic heterocycles. The molecule has 3 atom stereocenters. The highest BCUT2D eigenvalue weighted by Crippen LogP contribution is 2.32. The van der Waals surface area contributed by atoms with Gasteiger partial charge < -0.3 is 14.1 Å². The van der Waals surface area contributed by atoms with Crippen LogP contribution in [0.2, 0.25) is 0 Å². The molecule has 1 aromatic rings. The standard InChI is InChI=1S/C16H21F4NO3S/c1-14(2,3)25(23)21-15(4,11-7-5-6-8-12(11)17)13(9-22)24-10-16(18,19)20/h5-9,13,21H,10H2,1-4H3/t13-,15+,25?/m0/s1. The molecule has 1 rings (SSSR count). The smallest absolute Gasteiger partial charge is 0.411 e. The van der Waals surface area contributed by atoms with E-state index in [9.17, 15) is 26.9 Å². The highest BCUT2D eigenvalue weighted by molar-refractivity contribution is 7.90. The molecule has 0 saturated heterocycles. The Morgan fingerprint density at radius 1 is 1.24 bits per heavy atom. The second-order valence-corrected chi connectivity index (χ2v) is 8.61. The zero-order chi connectivity index (χ0) is 19.5. The number of ether oxygens (including phenoxy) is 1. The number of halogens is 4. The van der Waals surface area contributed by atoms with Gasteiger partial charge in [0.2, 0.25) is 0 Å². The van der Waals surface area contributed by atoms with Crippen molar-refractivity contribution < 1.29 is 31.6 Å². The molecule has 0 aliphatic carbocycles. The Morgan fingerprint density at radius 2 is 1.80 bits per heavy atom. The Balaban J connectivity index is 3.30. The summed E-state index contributed by atoms with van der Waals surface area (Å²) in [4.78, 5) is 11.4. The SMILES string of the molecule is CC(C)(C)[S+]([O-])N[C@](C)(c1ccccc1F)[C@H](C=O)OCC(F)(F)F. The number of hydrogen-bond donors (Lipinski definition) is 1. The largest absolute Gasteiger partial charge is 0.598 e. The summed E-state index contributed by atoms with van der Waals surface area (Å²) in [6.45, 7) is 4.48. The Hall–Kier alpha value is -1.16. The number of aldehydes is 1. The van der Waals surface area contributed by atoms with Crippen LogP contribution in [0.4, 0.5) is 17.6 Å². The number of carbonyl (C=O) groups is 1. The molecule has 142 valence electrons. The van der Waals surface area contributed by atoms with E-state index in [-0.39, 0.29) is 11.8 Å². The van der Waals surface area contributed by atoms with Crippen molar-refractivity contribution >= 4 is 17.6 Å². The number of benzene rings is 1. The maximum Gasteiger partial charge on any atom is 0.411 e. The van der Waals surface area contributed by atoms with Crippen LogP contribution in [-0.4, -0.2) is 34.5 Å². The molecule has 1 aromatic carbocycles. The van der Waals surface area contributed by atoms with Crippen molar-refractivity contribution in [2.75, 3.05) is 6.61 Å². The van der Waals surface area contributed by atoms with E-state index in [1.165, 1.54) is 25.1 Å². The van der Waals surface area contributed by atoms with Gasteiger partial charge >= 0.3 is 6.18 Å². The van der Waals surface area contributed by atoms with Gasteiger partial charge in [0, 0.05) is 16.9 Å². The first kappa shape index (κ1) is 21.9. The predicted octanol–water partition coefficient (Wildman–Crippen LogP) is 3.24. The average Bonchev–Trinajstić information content (AvgIpc) is 2.45. The maximum absolute atomic E-state index is 14.3. The van der Waals surface area contributed by atoms with Gasteiger partial charge in [-0.05, 0) is 33.8 Å². The van der Waals surface area contributed by atoms with Crippen LogP contribution >= 0.6 is 0 Å². The van der Waals surface area contributed by atoms with Crippen molar-refractivity contribution in [3.05, 3.63) is 35.6 Å². The summed E-state index contributed by atoms with van der Waals surface area (Å²) in [5, 5.41) is 0. The van der Waals surface area contributed by atoms with Crippen LogP contribution in [0.5, 0.6) is 0 Å². The molecule has 9 heteroatoms. The molecule has 0 fully saturated rings. The van der Waals surface area contributed by atoms with Gasteiger partial charge in [-0.15, -0.1) is 4.72 Å². The van der Waals surface area contributed by atoms with Crippen molar-refractivity contribution in [2.45, 2.75) is 50.3 Å². The third-order valence-corrected chi connectivity index (χ3v) is 5.14. The van der Waals surface area contributed by atoms with Gasteiger partial charge in [0.15, 0.2) is 6.29 Å². The Kier molecular flexibility index (Phi) is 7.03. The van der Waals surface area contributed by atoms with Gasteiger partial charge in [-0.3, -0.25) is 0 Å². The van der Waals surface area contributed by atoms with Gasteiger partial charge in [0.05, 0.1) is 0 Å². The van der Waals surface area contributed by atoms with E-state index in [1.807, 2.05) is 0 Å². The zero-order valence-corrected chi connectivity index (χ0v) is 15.1. The molecule has 0 amide bonds. The van der Waals surface area contributed by atoms with E-state index in [0.717, 1.165) is 6.07 Å².